The van der Waals surface area contributed by atoms with E-state index in [2.05, 4.69) is 10.6 Å². The maximum Gasteiger partial charge on any atom is 0.416 e. The first-order valence-corrected chi connectivity index (χ1v) is 16.2. The molecule has 2 atom stereocenters. The van der Waals surface area contributed by atoms with Crippen molar-refractivity contribution in [2.24, 2.45) is 5.92 Å². The van der Waals surface area contributed by atoms with Crippen LogP contribution in [-0.4, -0.2) is 31.2 Å². The predicted molar refractivity (Wildman–Crippen MR) is 162 cm³/mol. The maximum atomic E-state index is 14.3. The summed E-state index contributed by atoms with van der Waals surface area (Å²) < 4.78 is 70.7. The van der Waals surface area contributed by atoms with E-state index < -0.39 is 39.6 Å². The van der Waals surface area contributed by atoms with E-state index in [4.69, 9.17) is 0 Å². The number of benzene rings is 3. The average Bonchev–Trinajstić information content (AvgIpc) is 3.46. The predicted octanol–water partition coefficient (Wildman–Crippen LogP) is 7.77. The normalized spacial score (nSPS) is 20.2. The molecule has 0 bridgehead atoms. The van der Waals surface area contributed by atoms with Gasteiger partial charge in [-0.1, -0.05) is 49.2 Å². The Bertz CT molecular complexity index is 1560. The number of alkyl halides is 3. The van der Waals surface area contributed by atoms with Crippen molar-refractivity contribution in [1.29, 1.82) is 0 Å². The first-order chi connectivity index (χ1) is 20.4. The minimum Gasteiger partial charge on any atom is -0.382 e. The molecule has 0 aromatic heterocycles. The third kappa shape index (κ3) is 6.60. The molecule has 2 fully saturated rings. The highest BCUT2D eigenvalue weighted by molar-refractivity contribution is 7.89. The number of halogens is 3. The monoisotopic (exact) mass is 613 g/mol. The molecular weight excluding hydrogens is 575 g/mol. The Labute approximate surface area is 251 Å². The van der Waals surface area contributed by atoms with Crippen molar-refractivity contribution in [2.45, 2.75) is 82.5 Å². The van der Waals surface area contributed by atoms with E-state index in [1.807, 2.05) is 24.3 Å². The first-order valence-electron chi connectivity index (χ1n) is 14.8. The zero-order valence-corrected chi connectivity index (χ0v) is 25.5. The Morgan fingerprint density at radius 1 is 0.837 bits per heavy atom. The number of nitrogens with zero attached hydrogens (tertiary/aromatic N) is 1. The summed E-state index contributed by atoms with van der Waals surface area (Å²) in [7, 11) is -4.03. The Morgan fingerprint density at radius 3 is 2.09 bits per heavy atom. The van der Waals surface area contributed by atoms with Gasteiger partial charge in [0, 0.05) is 24.0 Å². The molecule has 1 saturated carbocycles. The summed E-state index contributed by atoms with van der Waals surface area (Å²) in [6, 6.07) is 16.1. The summed E-state index contributed by atoms with van der Waals surface area (Å²) in [6.45, 7) is 5.09. The minimum atomic E-state index is -4.57. The fourth-order valence-electron chi connectivity index (χ4n) is 6.55. The van der Waals surface area contributed by atoms with Gasteiger partial charge < -0.3 is 10.6 Å². The lowest BCUT2D eigenvalue weighted by Gasteiger charge is -2.40. The summed E-state index contributed by atoms with van der Waals surface area (Å²) in [5, 5.41) is 6.21. The summed E-state index contributed by atoms with van der Waals surface area (Å²) in [6.07, 6.45) is 0.823. The van der Waals surface area contributed by atoms with Crippen LogP contribution in [0.25, 0.3) is 0 Å². The lowest BCUT2D eigenvalue weighted by molar-refractivity contribution is -0.138. The van der Waals surface area contributed by atoms with Crippen LogP contribution in [-0.2, 0) is 21.0 Å². The molecule has 5 rings (SSSR count). The average molecular weight is 614 g/mol. The molecule has 2 aliphatic rings. The van der Waals surface area contributed by atoms with Gasteiger partial charge >= 0.3 is 6.18 Å². The zero-order valence-electron chi connectivity index (χ0n) is 24.7. The van der Waals surface area contributed by atoms with Gasteiger partial charge in [0.25, 0.3) is 0 Å². The van der Waals surface area contributed by atoms with Crippen LogP contribution in [0.3, 0.4) is 0 Å². The molecule has 1 aliphatic carbocycles. The van der Waals surface area contributed by atoms with Crippen molar-refractivity contribution < 1.29 is 26.4 Å². The molecule has 1 heterocycles. The molecule has 1 amide bonds. The van der Waals surface area contributed by atoms with Crippen molar-refractivity contribution in [3.05, 3.63) is 88.5 Å². The van der Waals surface area contributed by atoms with Crippen LogP contribution < -0.4 is 10.6 Å². The molecule has 0 unspecified atom stereocenters. The van der Waals surface area contributed by atoms with E-state index in [0.29, 0.717) is 35.6 Å². The Hall–Kier alpha value is -3.37. The molecule has 3 aromatic carbocycles. The van der Waals surface area contributed by atoms with Crippen LogP contribution in [0, 0.1) is 26.7 Å². The van der Waals surface area contributed by atoms with E-state index in [0.717, 1.165) is 24.6 Å². The van der Waals surface area contributed by atoms with Crippen LogP contribution >= 0.6 is 0 Å². The number of rotatable bonds is 7. The van der Waals surface area contributed by atoms with Gasteiger partial charge in [-0.15, -0.1) is 0 Å². The van der Waals surface area contributed by atoms with Gasteiger partial charge in [0.1, 0.15) is 0 Å². The van der Waals surface area contributed by atoms with Crippen LogP contribution in [0.2, 0.25) is 0 Å². The summed E-state index contributed by atoms with van der Waals surface area (Å²) in [5.74, 6) is -1.34. The summed E-state index contributed by atoms with van der Waals surface area (Å²) in [5.41, 5.74) is 2.06. The molecule has 1 aliphatic heterocycles. The number of hydrogen-bond donors (Lipinski definition) is 2. The maximum absolute atomic E-state index is 14.3. The van der Waals surface area contributed by atoms with Crippen LogP contribution in [0.5, 0.6) is 0 Å². The van der Waals surface area contributed by atoms with E-state index in [1.165, 1.54) is 36.2 Å². The smallest absolute Gasteiger partial charge is 0.382 e. The first kappa shape index (κ1) is 31.1. The number of sulfonamides is 1. The number of hydrogen-bond acceptors (Lipinski definition) is 4. The fraction of sp³-hybridized carbons (Fsp3) is 0.424. The molecule has 1 saturated heterocycles. The molecular formula is C33H38F3N3O3S. The zero-order chi connectivity index (χ0) is 30.9. The molecule has 10 heteroatoms. The largest absolute Gasteiger partial charge is 0.416 e. The number of carbonyl (C=O) groups is 1. The van der Waals surface area contributed by atoms with Crippen LogP contribution in [0.1, 0.15) is 72.4 Å². The van der Waals surface area contributed by atoms with E-state index in [-0.39, 0.29) is 22.7 Å². The van der Waals surface area contributed by atoms with Crippen LogP contribution in [0.4, 0.5) is 24.5 Å². The molecule has 2 N–H and O–H groups in total. The lowest BCUT2D eigenvalue weighted by Crippen LogP contribution is -2.46. The highest BCUT2D eigenvalue weighted by Crippen LogP contribution is 2.42. The molecule has 0 radical (unpaired) electrons. The van der Waals surface area contributed by atoms with Crippen molar-refractivity contribution >= 4 is 27.3 Å². The molecule has 3 aromatic rings. The molecule has 0 spiro atoms. The highest BCUT2D eigenvalue weighted by Gasteiger charge is 2.44. The quantitative estimate of drug-likeness (QED) is 0.286. The second-order valence-corrected chi connectivity index (χ2v) is 13.6. The molecule has 43 heavy (non-hydrogen) atoms. The number of amides is 1. The van der Waals surface area contributed by atoms with Gasteiger partial charge in [0.15, 0.2) is 0 Å². The second-order valence-electron chi connectivity index (χ2n) is 11.8. The summed E-state index contributed by atoms with van der Waals surface area (Å²) >= 11 is 0. The third-order valence-corrected chi connectivity index (χ3v) is 10.9. The number of piperidine rings is 1. The standard InChI is InChI=1S/C33H38F3N3O3S/c1-21-13-16-27(20-29(21)33(34,35)36)38-32(40)28-12-7-19-39(43(41,42)31-22(2)8-6-9-23(31)3)30(28)24-14-17-26(18-15-24)37-25-10-4-5-11-25/h6,8-9,13-18,20,25,28,30,37H,4-5,7,10-12,19H2,1-3H3,(H,38,40)/t28-,30-/m0/s1. The highest BCUT2D eigenvalue weighted by atomic mass is 32.2. The Morgan fingerprint density at radius 2 is 1.47 bits per heavy atom. The third-order valence-electron chi connectivity index (χ3n) is 8.69. The number of carbonyl (C=O) groups excluding carboxylic acids is 1. The van der Waals surface area contributed by atoms with E-state index in [9.17, 15) is 26.4 Å². The number of anilines is 2. The topological polar surface area (TPSA) is 78.5 Å². The number of aryl methyl sites for hydroxylation is 3. The van der Waals surface area contributed by atoms with E-state index >= 15 is 0 Å². The SMILES string of the molecule is Cc1ccc(NC(=O)[C@H]2CCCN(S(=O)(=O)c3c(C)cccc3C)[C@H]2c2ccc(NC3CCCC3)cc2)cc1C(F)(F)F. The van der Waals surface area contributed by atoms with Crippen molar-refractivity contribution in [2.75, 3.05) is 17.2 Å². The van der Waals surface area contributed by atoms with Gasteiger partial charge in [-0.3, -0.25) is 4.79 Å². The minimum absolute atomic E-state index is 0.0208. The van der Waals surface area contributed by atoms with Crippen molar-refractivity contribution in [3.63, 3.8) is 0 Å². The van der Waals surface area contributed by atoms with Gasteiger partial charge in [0.05, 0.1) is 22.4 Å². The fourth-order valence-corrected chi connectivity index (χ4v) is 8.67. The number of nitrogens with one attached hydrogen (secondary N) is 2. The molecule has 230 valence electrons. The van der Waals surface area contributed by atoms with Gasteiger partial charge in [-0.25, -0.2) is 8.42 Å². The molecule has 6 nitrogen and oxygen atoms in total. The van der Waals surface area contributed by atoms with Gasteiger partial charge in [-0.05, 0) is 93.0 Å². The van der Waals surface area contributed by atoms with Crippen LogP contribution in [0.15, 0.2) is 65.6 Å². The Kier molecular flexibility index (Phi) is 8.90. The van der Waals surface area contributed by atoms with Gasteiger partial charge in [0.2, 0.25) is 15.9 Å². The van der Waals surface area contributed by atoms with E-state index in [1.54, 1.807) is 32.0 Å². The second kappa shape index (κ2) is 12.3. The van der Waals surface area contributed by atoms with Crippen molar-refractivity contribution in [1.82, 2.24) is 4.31 Å². The lowest BCUT2D eigenvalue weighted by atomic mass is 9.85. The summed E-state index contributed by atoms with van der Waals surface area (Å²) in [4.78, 5) is 14.0. The van der Waals surface area contributed by atoms with Crippen molar-refractivity contribution in [3.8, 4) is 0 Å². The van der Waals surface area contributed by atoms with Gasteiger partial charge in [-0.2, -0.15) is 17.5 Å². The Balaban J connectivity index is 1.52.